The number of unbranched alkanes of at least 4 members (excludes halogenated alkanes) is 2. The SMILES string of the molecule is CCCCCOc1ccc2sc3ccc(CCC(N)(CO)CO)cc3c(=O)c2c1. The highest BCUT2D eigenvalue weighted by Crippen LogP contribution is 2.28. The molecule has 0 aliphatic heterocycles. The first-order chi connectivity index (χ1) is 14.0. The Bertz CT molecular complexity index is 1030. The van der Waals surface area contributed by atoms with Crippen molar-refractivity contribution in [2.24, 2.45) is 5.73 Å². The van der Waals surface area contributed by atoms with Crippen LogP contribution in [0.15, 0.2) is 41.2 Å². The van der Waals surface area contributed by atoms with E-state index in [0.717, 1.165) is 40.0 Å². The largest absolute Gasteiger partial charge is 0.494 e. The molecule has 1 aromatic heterocycles. The summed E-state index contributed by atoms with van der Waals surface area (Å²) in [7, 11) is 0. The van der Waals surface area contributed by atoms with Gasteiger partial charge in [-0.1, -0.05) is 25.8 Å². The second-order valence-electron chi connectivity index (χ2n) is 7.65. The molecule has 0 spiro atoms. The van der Waals surface area contributed by atoms with Crippen LogP contribution in [0.3, 0.4) is 0 Å². The summed E-state index contributed by atoms with van der Waals surface area (Å²) >= 11 is 1.59. The lowest BCUT2D eigenvalue weighted by Gasteiger charge is -2.24. The highest BCUT2D eigenvalue weighted by atomic mass is 32.1. The minimum absolute atomic E-state index is 0.00191. The van der Waals surface area contributed by atoms with Gasteiger partial charge in [0.1, 0.15) is 5.75 Å². The van der Waals surface area contributed by atoms with Gasteiger partial charge in [-0.2, -0.15) is 0 Å². The van der Waals surface area contributed by atoms with E-state index in [9.17, 15) is 15.0 Å². The molecule has 0 fully saturated rings. The second kappa shape index (κ2) is 9.67. The lowest BCUT2D eigenvalue weighted by atomic mass is 9.93. The molecule has 0 saturated carbocycles. The van der Waals surface area contributed by atoms with Gasteiger partial charge in [0.25, 0.3) is 0 Å². The maximum Gasteiger partial charge on any atom is 0.196 e. The number of rotatable bonds is 10. The molecule has 3 rings (SSSR count). The summed E-state index contributed by atoms with van der Waals surface area (Å²) in [5.74, 6) is 0.729. The van der Waals surface area contributed by atoms with Crippen molar-refractivity contribution in [3.05, 3.63) is 52.2 Å². The highest BCUT2D eigenvalue weighted by Gasteiger charge is 2.22. The van der Waals surface area contributed by atoms with E-state index in [1.165, 1.54) is 0 Å². The van der Waals surface area contributed by atoms with E-state index < -0.39 is 5.54 Å². The average molecular weight is 416 g/mol. The third-order valence-electron chi connectivity index (χ3n) is 5.26. The average Bonchev–Trinajstić information content (AvgIpc) is 2.75. The molecule has 29 heavy (non-hydrogen) atoms. The van der Waals surface area contributed by atoms with Gasteiger partial charge < -0.3 is 20.7 Å². The molecule has 4 N–H and O–H groups in total. The summed E-state index contributed by atoms with van der Waals surface area (Å²) in [5.41, 5.74) is 5.92. The van der Waals surface area contributed by atoms with Crippen LogP contribution in [-0.4, -0.2) is 35.6 Å². The van der Waals surface area contributed by atoms with Crippen LogP contribution in [0.5, 0.6) is 5.75 Å². The van der Waals surface area contributed by atoms with Crippen LogP contribution >= 0.6 is 11.3 Å². The topological polar surface area (TPSA) is 92.8 Å². The fourth-order valence-electron chi connectivity index (χ4n) is 3.27. The van der Waals surface area contributed by atoms with E-state index in [1.807, 2.05) is 36.4 Å². The minimum atomic E-state index is -1.01. The zero-order valence-electron chi connectivity index (χ0n) is 16.8. The van der Waals surface area contributed by atoms with Crippen molar-refractivity contribution in [2.45, 2.75) is 44.6 Å². The van der Waals surface area contributed by atoms with Crippen molar-refractivity contribution < 1.29 is 14.9 Å². The van der Waals surface area contributed by atoms with E-state index in [1.54, 1.807) is 11.3 Å². The van der Waals surface area contributed by atoms with Gasteiger partial charge in [0, 0.05) is 20.2 Å². The summed E-state index contributed by atoms with van der Waals surface area (Å²) in [5, 5.41) is 20.1. The number of ether oxygens (including phenoxy) is 1. The van der Waals surface area contributed by atoms with Gasteiger partial charge in [0.05, 0.1) is 25.4 Å². The minimum Gasteiger partial charge on any atom is -0.494 e. The fraction of sp³-hybridized carbons (Fsp3) is 0.435. The van der Waals surface area contributed by atoms with Crippen molar-refractivity contribution in [1.82, 2.24) is 0 Å². The molecule has 0 unspecified atom stereocenters. The van der Waals surface area contributed by atoms with Crippen LogP contribution in [0.1, 0.15) is 38.2 Å². The third kappa shape index (κ3) is 5.14. The molecule has 0 saturated heterocycles. The first kappa shape index (κ1) is 21.7. The molecule has 1 heterocycles. The number of nitrogens with two attached hydrogens (primary N) is 1. The van der Waals surface area contributed by atoms with Crippen LogP contribution < -0.4 is 15.9 Å². The molecule has 6 heteroatoms. The van der Waals surface area contributed by atoms with Crippen LogP contribution in [0, 0.1) is 0 Å². The van der Waals surface area contributed by atoms with E-state index in [2.05, 4.69) is 6.92 Å². The first-order valence-electron chi connectivity index (χ1n) is 10.1. The van der Waals surface area contributed by atoms with Crippen LogP contribution in [0.4, 0.5) is 0 Å². The standard InChI is InChI=1S/C23H29NO4S/c1-2-3-4-11-28-17-6-8-21-19(13-17)22(27)18-12-16(5-7-20(18)29-21)9-10-23(24,14-25)15-26/h5-8,12-13,25-26H,2-4,9-11,14-15,24H2,1H3. The van der Waals surface area contributed by atoms with Crippen molar-refractivity contribution in [2.75, 3.05) is 19.8 Å². The second-order valence-corrected chi connectivity index (χ2v) is 8.74. The summed E-state index contributed by atoms with van der Waals surface area (Å²) in [4.78, 5) is 13.1. The Morgan fingerprint density at radius 2 is 1.72 bits per heavy atom. The van der Waals surface area contributed by atoms with Crippen LogP contribution in [-0.2, 0) is 6.42 Å². The molecule has 0 aliphatic rings. The third-order valence-corrected chi connectivity index (χ3v) is 6.41. The fourth-order valence-corrected chi connectivity index (χ4v) is 4.30. The van der Waals surface area contributed by atoms with Crippen LogP contribution in [0.2, 0.25) is 0 Å². The van der Waals surface area contributed by atoms with Crippen molar-refractivity contribution in [1.29, 1.82) is 0 Å². The Morgan fingerprint density at radius 3 is 2.41 bits per heavy atom. The normalized spacial score (nSPS) is 12.0. The summed E-state index contributed by atoms with van der Waals surface area (Å²) < 4.78 is 7.69. The summed E-state index contributed by atoms with van der Waals surface area (Å²) in [6, 6.07) is 11.6. The van der Waals surface area contributed by atoms with Crippen molar-refractivity contribution in [3.63, 3.8) is 0 Å². The van der Waals surface area contributed by atoms with Gasteiger partial charge >= 0.3 is 0 Å². The Labute approximate surface area is 174 Å². The van der Waals surface area contributed by atoms with Gasteiger partial charge in [0.15, 0.2) is 5.43 Å². The maximum absolute atomic E-state index is 13.1. The number of fused-ring (bicyclic) bond motifs is 2. The lowest BCUT2D eigenvalue weighted by Crippen LogP contribution is -2.47. The van der Waals surface area contributed by atoms with E-state index in [-0.39, 0.29) is 18.6 Å². The smallest absolute Gasteiger partial charge is 0.196 e. The van der Waals surface area contributed by atoms with Gasteiger partial charge in [0.2, 0.25) is 0 Å². The summed E-state index contributed by atoms with van der Waals surface area (Å²) in [6.45, 7) is 2.25. The Kier molecular flexibility index (Phi) is 7.24. The molecular formula is C23H29NO4S. The monoisotopic (exact) mass is 415 g/mol. The Morgan fingerprint density at radius 1 is 1.03 bits per heavy atom. The van der Waals surface area contributed by atoms with E-state index in [4.69, 9.17) is 10.5 Å². The first-order valence-corrected chi connectivity index (χ1v) is 10.9. The Hall–Kier alpha value is -1.99. The predicted octanol–water partition coefficient (Wildman–Crippen LogP) is 3.60. The number of aliphatic hydroxyl groups excluding tert-OH is 2. The molecule has 156 valence electrons. The summed E-state index contributed by atoms with van der Waals surface area (Å²) in [6.07, 6.45) is 4.30. The number of hydrogen-bond acceptors (Lipinski definition) is 6. The predicted molar refractivity (Wildman–Crippen MR) is 120 cm³/mol. The number of benzene rings is 2. The zero-order chi connectivity index (χ0) is 20.9. The molecule has 3 aromatic rings. The lowest BCUT2D eigenvalue weighted by molar-refractivity contribution is 0.115. The van der Waals surface area contributed by atoms with Gasteiger partial charge in [-0.25, -0.2) is 0 Å². The van der Waals surface area contributed by atoms with Gasteiger partial charge in [-0.3, -0.25) is 4.79 Å². The Balaban J connectivity index is 1.89. The van der Waals surface area contributed by atoms with E-state index in [0.29, 0.717) is 30.2 Å². The van der Waals surface area contributed by atoms with Crippen molar-refractivity contribution in [3.8, 4) is 5.75 Å². The quantitative estimate of drug-likeness (QED) is 0.348. The zero-order valence-corrected chi connectivity index (χ0v) is 17.6. The number of aliphatic hydroxyl groups is 2. The molecule has 0 atom stereocenters. The molecule has 5 nitrogen and oxygen atoms in total. The number of aryl methyl sites for hydroxylation is 1. The molecule has 0 amide bonds. The molecule has 0 aliphatic carbocycles. The van der Waals surface area contributed by atoms with E-state index >= 15 is 0 Å². The molecule has 0 bridgehead atoms. The van der Waals surface area contributed by atoms with Crippen LogP contribution in [0.25, 0.3) is 20.2 Å². The van der Waals surface area contributed by atoms with Gasteiger partial charge in [-0.15, -0.1) is 11.3 Å². The highest BCUT2D eigenvalue weighted by molar-refractivity contribution is 7.24. The maximum atomic E-state index is 13.1. The number of hydrogen-bond donors (Lipinski definition) is 3. The van der Waals surface area contributed by atoms with Gasteiger partial charge in [-0.05, 0) is 55.2 Å². The molecule has 0 radical (unpaired) electrons. The molecule has 2 aromatic carbocycles. The molecular weight excluding hydrogens is 386 g/mol. The van der Waals surface area contributed by atoms with Crippen molar-refractivity contribution >= 4 is 31.5 Å².